The fourth-order valence-corrected chi connectivity index (χ4v) is 1.42. The lowest BCUT2D eigenvalue weighted by Gasteiger charge is -2.06. The summed E-state index contributed by atoms with van der Waals surface area (Å²) in [6, 6.07) is 0. The highest BCUT2D eigenvalue weighted by atomic mass is 16.1. The molecular weight excluding hydrogens is 172 g/mol. The largest absolute Gasteiger partial charge is 0.300 e. The molecule has 0 radical (unpaired) electrons. The normalized spacial score (nSPS) is 12.4. The first kappa shape index (κ1) is 13.4. The van der Waals surface area contributed by atoms with Crippen LogP contribution < -0.4 is 0 Å². The monoisotopic (exact) mass is 196 g/mol. The average molecular weight is 196 g/mol. The number of ketones is 1. The van der Waals surface area contributed by atoms with Gasteiger partial charge < -0.3 is 0 Å². The van der Waals surface area contributed by atoms with Gasteiger partial charge in [-0.3, -0.25) is 4.79 Å². The van der Waals surface area contributed by atoms with Crippen molar-refractivity contribution in [2.45, 2.75) is 58.8 Å². The van der Waals surface area contributed by atoms with E-state index in [1.54, 1.807) is 0 Å². The zero-order valence-corrected chi connectivity index (χ0v) is 9.72. The predicted molar refractivity (Wildman–Crippen MR) is 62.4 cm³/mol. The van der Waals surface area contributed by atoms with Crippen LogP contribution in [0.25, 0.3) is 0 Å². The molecule has 0 amide bonds. The van der Waals surface area contributed by atoms with Gasteiger partial charge in [-0.1, -0.05) is 32.8 Å². The summed E-state index contributed by atoms with van der Waals surface area (Å²) in [6.07, 6.45) is 9.10. The number of allylic oxidation sites excluding steroid dienone is 1. The molecule has 0 bridgehead atoms. The molecule has 0 spiro atoms. The molecule has 14 heavy (non-hydrogen) atoms. The molecule has 82 valence electrons. The fourth-order valence-electron chi connectivity index (χ4n) is 1.42. The number of rotatable bonds is 9. The zero-order chi connectivity index (χ0) is 10.8. The molecule has 0 saturated heterocycles. The minimum absolute atomic E-state index is 0.443. The number of hydrogen-bond donors (Lipinski definition) is 0. The van der Waals surface area contributed by atoms with E-state index in [1.807, 2.05) is 6.08 Å². The Morgan fingerprint density at radius 3 is 2.64 bits per heavy atom. The van der Waals surface area contributed by atoms with E-state index < -0.39 is 0 Å². The number of carbonyl (C=O) groups excluding carboxylic acids is 1. The third-order valence-corrected chi connectivity index (χ3v) is 2.64. The predicted octanol–water partition coefficient (Wildman–Crippen LogP) is 4.13. The van der Waals surface area contributed by atoms with Crippen LogP contribution in [-0.2, 0) is 4.79 Å². The van der Waals surface area contributed by atoms with Crippen LogP contribution in [0.15, 0.2) is 12.7 Å². The minimum Gasteiger partial charge on any atom is -0.300 e. The van der Waals surface area contributed by atoms with E-state index in [9.17, 15) is 4.79 Å². The Morgan fingerprint density at radius 1 is 1.36 bits per heavy atom. The highest BCUT2D eigenvalue weighted by Gasteiger charge is 2.06. The molecule has 1 unspecified atom stereocenters. The highest BCUT2D eigenvalue weighted by molar-refractivity contribution is 5.78. The smallest absolute Gasteiger partial charge is 0.133 e. The van der Waals surface area contributed by atoms with Crippen molar-refractivity contribution in [1.82, 2.24) is 0 Å². The second-order valence-corrected chi connectivity index (χ2v) is 4.14. The summed E-state index contributed by atoms with van der Waals surface area (Å²) in [7, 11) is 0. The van der Waals surface area contributed by atoms with Gasteiger partial charge in [0, 0.05) is 12.8 Å². The van der Waals surface area contributed by atoms with Gasteiger partial charge in [0.2, 0.25) is 0 Å². The molecule has 1 atom stereocenters. The quantitative estimate of drug-likeness (QED) is 0.400. The number of Topliss-reactive ketones (excluding diaryl/α,β-unsaturated/α-hetero) is 1. The summed E-state index contributed by atoms with van der Waals surface area (Å²) in [5.41, 5.74) is 0. The molecule has 0 aromatic rings. The van der Waals surface area contributed by atoms with Gasteiger partial charge in [0.1, 0.15) is 5.78 Å². The summed E-state index contributed by atoms with van der Waals surface area (Å²) in [6.45, 7) is 7.97. The molecule has 0 aromatic carbocycles. The van der Waals surface area contributed by atoms with Crippen LogP contribution in [0.5, 0.6) is 0 Å². The SMILES string of the molecule is C=CCCCCCC(=O)CC(C)CC. The fraction of sp³-hybridized carbons (Fsp3) is 0.769. The second kappa shape index (κ2) is 8.98. The first-order chi connectivity index (χ1) is 6.70. The molecule has 0 aromatic heterocycles. The average Bonchev–Trinajstić information content (AvgIpc) is 2.17. The van der Waals surface area contributed by atoms with Gasteiger partial charge in [-0.15, -0.1) is 6.58 Å². The standard InChI is InChI=1S/C13H24O/c1-4-6-7-8-9-10-13(14)11-12(3)5-2/h4,12H,1,5-11H2,2-3H3. The van der Waals surface area contributed by atoms with E-state index in [0.717, 1.165) is 38.5 Å². The van der Waals surface area contributed by atoms with Crippen molar-refractivity contribution in [1.29, 1.82) is 0 Å². The van der Waals surface area contributed by atoms with Crippen molar-refractivity contribution >= 4 is 5.78 Å². The molecule has 1 heteroatoms. The van der Waals surface area contributed by atoms with Crippen LogP contribution in [0.2, 0.25) is 0 Å². The number of hydrogen-bond acceptors (Lipinski definition) is 1. The minimum atomic E-state index is 0.443. The van der Waals surface area contributed by atoms with Gasteiger partial charge in [-0.25, -0.2) is 0 Å². The topological polar surface area (TPSA) is 17.1 Å². The van der Waals surface area contributed by atoms with E-state index in [1.165, 1.54) is 6.42 Å². The molecule has 0 rings (SSSR count). The molecule has 1 nitrogen and oxygen atoms in total. The Hall–Kier alpha value is -0.590. The van der Waals surface area contributed by atoms with E-state index in [2.05, 4.69) is 20.4 Å². The van der Waals surface area contributed by atoms with Gasteiger partial charge in [0.15, 0.2) is 0 Å². The Labute approximate surface area is 88.6 Å². The van der Waals surface area contributed by atoms with Crippen LogP contribution in [-0.4, -0.2) is 5.78 Å². The van der Waals surface area contributed by atoms with Crippen molar-refractivity contribution in [3.8, 4) is 0 Å². The maximum Gasteiger partial charge on any atom is 0.133 e. The third kappa shape index (κ3) is 8.03. The highest BCUT2D eigenvalue weighted by Crippen LogP contribution is 2.11. The Morgan fingerprint density at radius 2 is 2.07 bits per heavy atom. The van der Waals surface area contributed by atoms with Gasteiger partial charge in [0.05, 0.1) is 0 Å². The van der Waals surface area contributed by atoms with Crippen molar-refractivity contribution < 1.29 is 4.79 Å². The van der Waals surface area contributed by atoms with E-state index >= 15 is 0 Å². The van der Waals surface area contributed by atoms with Gasteiger partial charge in [-0.05, 0) is 25.2 Å². The zero-order valence-electron chi connectivity index (χ0n) is 9.72. The Bertz CT molecular complexity index is 161. The lowest BCUT2D eigenvalue weighted by molar-refractivity contribution is -0.120. The van der Waals surface area contributed by atoms with Crippen molar-refractivity contribution in [3.05, 3.63) is 12.7 Å². The summed E-state index contributed by atoms with van der Waals surface area (Å²) >= 11 is 0. The van der Waals surface area contributed by atoms with Crippen molar-refractivity contribution in [2.24, 2.45) is 5.92 Å². The summed E-state index contributed by atoms with van der Waals surface area (Å²) in [4.78, 5) is 11.4. The third-order valence-electron chi connectivity index (χ3n) is 2.64. The molecule has 0 heterocycles. The molecular formula is C13H24O. The van der Waals surface area contributed by atoms with Crippen LogP contribution in [0.4, 0.5) is 0 Å². The van der Waals surface area contributed by atoms with Gasteiger partial charge in [0.25, 0.3) is 0 Å². The van der Waals surface area contributed by atoms with Crippen molar-refractivity contribution in [3.63, 3.8) is 0 Å². The number of unbranched alkanes of at least 4 members (excludes halogenated alkanes) is 3. The van der Waals surface area contributed by atoms with Crippen molar-refractivity contribution in [2.75, 3.05) is 0 Å². The van der Waals surface area contributed by atoms with Crippen LogP contribution in [0.1, 0.15) is 58.8 Å². The van der Waals surface area contributed by atoms with Crippen LogP contribution in [0, 0.1) is 5.92 Å². The van der Waals surface area contributed by atoms with Crippen LogP contribution >= 0.6 is 0 Å². The van der Waals surface area contributed by atoms with E-state index in [0.29, 0.717) is 11.7 Å². The lowest BCUT2D eigenvalue weighted by Crippen LogP contribution is -2.04. The maximum atomic E-state index is 11.4. The van der Waals surface area contributed by atoms with Crippen LogP contribution in [0.3, 0.4) is 0 Å². The Kier molecular flexibility index (Phi) is 8.61. The van der Waals surface area contributed by atoms with E-state index in [-0.39, 0.29) is 0 Å². The first-order valence-corrected chi connectivity index (χ1v) is 5.83. The first-order valence-electron chi connectivity index (χ1n) is 5.83. The molecule has 0 aliphatic carbocycles. The lowest BCUT2D eigenvalue weighted by atomic mass is 9.99. The van der Waals surface area contributed by atoms with Gasteiger partial charge in [-0.2, -0.15) is 0 Å². The van der Waals surface area contributed by atoms with Gasteiger partial charge >= 0.3 is 0 Å². The molecule has 0 N–H and O–H groups in total. The summed E-state index contributed by atoms with van der Waals surface area (Å²) < 4.78 is 0. The Balaban J connectivity index is 3.31. The molecule has 0 aliphatic rings. The summed E-state index contributed by atoms with van der Waals surface area (Å²) in [5, 5.41) is 0. The second-order valence-electron chi connectivity index (χ2n) is 4.14. The number of carbonyl (C=O) groups is 1. The molecule has 0 saturated carbocycles. The summed E-state index contributed by atoms with van der Waals surface area (Å²) in [5.74, 6) is 1.01. The molecule has 0 fully saturated rings. The maximum absolute atomic E-state index is 11.4. The molecule has 0 aliphatic heterocycles. The van der Waals surface area contributed by atoms with E-state index in [4.69, 9.17) is 0 Å².